The molecule has 0 unspecified atom stereocenters. The first-order chi connectivity index (χ1) is 11.4. The molecule has 0 bridgehead atoms. The summed E-state index contributed by atoms with van der Waals surface area (Å²) in [4.78, 5) is 23.8. The number of anilines is 2. The van der Waals surface area contributed by atoms with Crippen LogP contribution in [0.2, 0.25) is 0 Å². The Morgan fingerprint density at radius 2 is 1.68 bits per heavy atom. The molecule has 0 aliphatic carbocycles. The van der Waals surface area contributed by atoms with Crippen molar-refractivity contribution in [3.8, 4) is 0 Å². The highest BCUT2D eigenvalue weighted by molar-refractivity contribution is 5.96. The molecule has 1 atom stereocenters. The van der Waals surface area contributed by atoms with Gasteiger partial charge in [-0.15, -0.1) is 0 Å². The number of rotatable bonds is 7. The van der Waals surface area contributed by atoms with E-state index in [0.29, 0.717) is 18.7 Å². The van der Waals surface area contributed by atoms with Crippen LogP contribution in [0, 0.1) is 5.41 Å². The molecule has 0 aromatic heterocycles. The maximum atomic E-state index is 12.3. The number of carbonyl (C=O) groups is 2. The number of nitrogens with two attached hydrogens (primary N) is 1. The van der Waals surface area contributed by atoms with Crippen molar-refractivity contribution < 1.29 is 14.7 Å². The molecule has 0 saturated carbocycles. The number of benzene rings is 1. The Kier molecular flexibility index (Phi) is 6.81. The first-order valence-corrected chi connectivity index (χ1v) is 8.32. The van der Waals surface area contributed by atoms with Crippen LogP contribution in [-0.2, 0) is 4.79 Å². The lowest BCUT2D eigenvalue weighted by Gasteiger charge is -2.28. The molecule has 7 nitrogen and oxygen atoms in total. The van der Waals surface area contributed by atoms with Crippen molar-refractivity contribution in [2.75, 3.05) is 17.2 Å². The zero-order chi connectivity index (χ0) is 19.3. The average molecular weight is 350 g/mol. The molecule has 25 heavy (non-hydrogen) atoms. The summed E-state index contributed by atoms with van der Waals surface area (Å²) in [6.45, 7) is 9.51. The summed E-state index contributed by atoms with van der Waals surface area (Å²) in [6, 6.07) is 5.93. The molecule has 6 N–H and O–H groups in total. The molecule has 1 aromatic rings. The van der Waals surface area contributed by atoms with Gasteiger partial charge >= 0.3 is 6.03 Å². The van der Waals surface area contributed by atoms with E-state index in [1.54, 1.807) is 26.0 Å². The average Bonchev–Trinajstić information content (AvgIpc) is 2.44. The topological polar surface area (TPSA) is 116 Å². The van der Waals surface area contributed by atoms with E-state index in [9.17, 15) is 14.7 Å². The van der Waals surface area contributed by atoms with Crippen molar-refractivity contribution >= 4 is 23.3 Å². The zero-order valence-electron chi connectivity index (χ0n) is 15.6. The second-order valence-corrected chi connectivity index (χ2v) is 7.83. The molecule has 1 aromatic carbocycles. The maximum Gasteiger partial charge on any atom is 0.319 e. The van der Waals surface area contributed by atoms with E-state index in [1.807, 2.05) is 32.9 Å². The Hall–Kier alpha value is -2.28. The van der Waals surface area contributed by atoms with Crippen LogP contribution in [-0.4, -0.2) is 35.2 Å². The summed E-state index contributed by atoms with van der Waals surface area (Å²) in [5.74, 6) is -0.584. The number of hydrogen-bond donors (Lipinski definition) is 5. The molecule has 0 fully saturated rings. The number of para-hydroxylation sites is 2. The van der Waals surface area contributed by atoms with Gasteiger partial charge in [-0.1, -0.05) is 32.9 Å². The van der Waals surface area contributed by atoms with Gasteiger partial charge in [-0.05, 0) is 37.8 Å². The van der Waals surface area contributed by atoms with Gasteiger partial charge in [0.25, 0.3) is 0 Å². The Labute approximate surface area is 149 Å². The number of aliphatic hydroxyl groups is 1. The third kappa shape index (κ3) is 7.43. The Morgan fingerprint density at radius 3 is 2.16 bits per heavy atom. The van der Waals surface area contributed by atoms with Crippen LogP contribution >= 0.6 is 0 Å². The molecule has 0 spiro atoms. The third-order valence-electron chi connectivity index (χ3n) is 3.65. The van der Waals surface area contributed by atoms with Crippen molar-refractivity contribution in [2.45, 2.75) is 52.7 Å². The second-order valence-electron chi connectivity index (χ2n) is 7.83. The van der Waals surface area contributed by atoms with Crippen molar-refractivity contribution in [1.82, 2.24) is 5.32 Å². The number of amides is 3. The standard InChI is InChI=1S/C18H30N4O3/c1-17(2,3)14(15(19)23)22-16(24)21-13-9-7-6-8-12(13)20-11-10-18(4,5)25/h6-9,14,20,25H,10-11H2,1-5H3,(H2,19,23)(H2,21,22,24)/t14-/m1/s1. The van der Waals surface area contributed by atoms with Gasteiger partial charge in [-0.25, -0.2) is 4.79 Å². The normalized spacial score (nSPS) is 13.0. The number of urea groups is 1. The van der Waals surface area contributed by atoms with Gasteiger partial charge in [-0.2, -0.15) is 0 Å². The second kappa shape index (κ2) is 8.20. The molecule has 0 saturated heterocycles. The molecular formula is C18H30N4O3. The van der Waals surface area contributed by atoms with Crippen molar-refractivity contribution in [2.24, 2.45) is 11.1 Å². The lowest BCUT2D eigenvalue weighted by Crippen LogP contribution is -2.53. The highest BCUT2D eigenvalue weighted by Crippen LogP contribution is 2.23. The summed E-state index contributed by atoms with van der Waals surface area (Å²) >= 11 is 0. The van der Waals surface area contributed by atoms with Crippen LogP contribution in [0.1, 0.15) is 41.0 Å². The van der Waals surface area contributed by atoms with Crippen LogP contribution < -0.4 is 21.7 Å². The summed E-state index contributed by atoms with van der Waals surface area (Å²) in [5, 5.41) is 18.3. The van der Waals surface area contributed by atoms with Gasteiger partial charge in [0.1, 0.15) is 6.04 Å². The first-order valence-electron chi connectivity index (χ1n) is 8.32. The molecule has 140 valence electrons. The monoisotopic (exact) mass is 350 g/mol. The minimum Gasteiger partial charge on any atom is -0.390 e. The molecule has 0 heterocycles. The van der Waals surface area contributed by atoms with Gasteiger partial charge < -0.3 is 26.8 Å². The van der Waals surface area contributed by atoms with Gasteiger partial charge in [0, 0.05) is 6.54 Å². The molecule has 1 rings (SSSR count). The maximum absolute atomic E-state index is 12.3. The molecule has 0 aliphatic heterocycles. The Morgan fingerprint density at radius 1 is 1.12 bits per heavy atom. The first kappa shape index (κ1) is 20.8. The van der Waals surface area contributed by atoms with E-state index < -0.39 is 29.0 Å². The van der Waals surface area contributed by atoms with Crippen molar-refractivity contribution in [3.05, 3.63) is 24.3 Å². The number of carbonyl (C=O) groups excluding carboxylic acids is 2. The highest BCUT2D eigenvalue weighted by atomic mass is 16.3. The highest BCUT2D eigenvalue weighted by Gasteiger charge is 2.31. The molecule has 7 heteroatoms. The molecule has 0 aliphatic rings. The minimum atomic E-state index is -0.789. The van der Waals surface area contributed by atoms with Gasteiger partial charge in [0.2, 0.25) is 5.91 Å². The number of primary amides is 1. The zero-order valence-corrected chi connectivity index (χ0v) is 15.6. The number of nitrogens with one attached hydrogen (secondary N) is 3. The van der Waals surface area contributed by atoms with E-state index >= 15 is 0 Å². The summed E-state index contributed by atoms with van der Waals surface area (Å²) < 4.78 is 0. The third-order valence-corrected chi connectivity index (χ3v) is 3.65. The predicted octanol–water partition coefficient (Wildman–Crippen LogP) is 2.28. The van der Waals surface area contributed by atoms with Gasteiger partial charge in [0.15, 0.2) is 0 Å². The van der Waals surface area contributed by atoms with Crippen LogP contribution in [0.15, 0.2) is 24.3 Å². The van der Waals surface area contributed by atoms with E-state index in [1.165, 1.54) is 0 Å². The smallest absolute Gasteiger partial charge is 0.319 e. The van der Waals surface area contributed by atoms with E-state index in [4.69, 9.17) is 5.73 Å². The fraction of sp³-hybridized carbons (Fsp3) is 0.556. The van der Waals surface area contributed by atoms with Gasteiger partial charge in [-0.3, -0.25) is 4.79 Å². The SMILES string of the molecule is CC(C)(O)CCNc1ccccc1NC(=O)N[C@H](C(N)=O)C(C)(C)C. The van der Waals surface area contributed by atoms with Crippen molar-refractivity contribution in [1.29, 1.82) is 0 Å². The van der Waals surface area contributed by atoms with Crippen LogP contribution in [0.4, 0.5) is 16.2 Å². The fourth-order valence-corrected chi connectivity index (χ4v) is 2.25. The van der Waals surface area contributed by atoms with E-state index in [0.717, 1.165) is 5.69 Å². The van der Waals surface area contributed by atoms with Gasteiger partial charge in [0.05, 0.1) is 17.0 Å². The lowest BCUT2D eigenvalue weighted by atomic mass is 9.86. The summed E-state index contributed by atoms with van der Waals surface area (Å²) in [5.41, 5.74) is 5.43. The summed E-state index contributed by atoms with van der Waals surface area (Å²) in [6.07, 6.45) is 0.557. The predicted molar refractivity (Wildman–Crippen MR) is 100 cm³/mol. The quantitative estimate of drug-likeness (QED) is 0.518. The van der Waals surface area contributed by atoms with Crippen molar-refractivity contribution in [3.63, 3.8) is 0 Å². The van der Waals surface area contributed by atoms with Crippen LogP contribution in [0.3, 0.4) is 0 Å². The van der Waals surface area contributed by atoms with Crippen LogP contribution in [0.5, 0.6) is 0 Å². The molecule has 3 amide bonds. The number of hydrogen-bond acceptors (Lipinski definition) is 4. The van der Waals surface area contributed by atoms with Crippen LogP contribution in [0.25, 0.3) is 0 Å². The largest absolute Gasteiger partial charge is 0.390 e. The lowest BCUT2D eigenvalue weighted by molar-refractivity contribution is -0.122. The summed E-state index contributed by atoms with van der Waals surface area (Å²) in [7, 11) is 0. The molecule has 0 radical (unpaired) electrons. The fourth-order valence-electron chi connectivity index (χ4n) is 2.25. The minimum absolute atomic E-state index is 0.492. The molecular weight excluding hydrogens is 320 g/mol. The Bertz CT molecular complexity index is 603. The van der Waals surface area contributed by atoms with E-state index in [-0.39, 0.29) is 0 Å². The van der Waals surface area contributed by atoms with E-state index in [2.05, 4.69) is 16.0 Å². The Balaban J connectivity index is 2.76.